The van der Waals surface area contributed by atoms with Crippen LogP contribution in [0.2, 0.25) is 15.1 Å². The number of anilines is 1. The lowest BCUT2D eigenvalue weighted by atomic mass is 10.1. The molecule has 0 bridgehead atoms. The van der Waals surface area contributed by atoms with Gasteiger partial charge in [0.1, 0.15) is 18.3 Å². The molecule has 0 aliphatic rings. The van der Waals surface area contributed by atoms with E-state index in [1.165, 1.54) is 36.3 Å². The van der Waals surface area contributed by atoms with Gasteiger partial charge in [0.2, 0.25) is 11.8 Å². The lowest BCUT2D eigenvalue weighted by Gasteiger charge is -2.33. The lowest BCUT2D eigenvalue weighted by Crippen LogP contribution is -2.52. The lowest BCUT2D eigenvalue weighted by molar-refractivity contribution is -0.139. The van der Waals surface area contributed by atoms with Crippen LogP contribution in [0.1, 0.15) is 38.3 Å². The molecule has 8 nitrogen and oxygen atoms in total. The molecule has 12 heteroatoms. The summed E-state index contributed by atoms with van der Waals surface area (Å²) in [5.74, 6) is -0.893. The molecule has 2 atom stereocenters. The third-order valence-electron chi connectivity index (χ3n) is 6.86. The molecule has 0 radical (unpaired) electrons. The van der Waals surface area contributed by atoms with Crippen LogP contribution in [-0.4, -0.2) is 50.9 Å². The Morgan fingerprint density at radius 1 is 0.976 bits per heavy atom. The van der Waals surface area contributed by atoms with Gasteiger partial charge in [0, 0.05) is 33.2 Å². The third-order valence-corrected chi connectivity index (χ3v) is 9.57. The van der Waals surface area contributed by atoms with Crippen LogP contribution in [0, 0.1) is 6.92 Å². The summed E-state index contributed by atoms with van der Waals surface area (Å²) in [5, 5.41) is 3.73. The van der Waals surface area contributed by atoms with E-state index in [0.717, 1.165) is 9.87 Å². The van der Waals surface area contributed by atoms with E-state index in [2.05, 4.69) is 5.32 Å². The van der Waals surface area contributed by atoms with E-state index in [4.69, 9.17) is 39.5 Å². The molecule has 0 aliphatic carbocycles. The summed E-state index contributed by atoms with van der Waals surface area (Å²) in [6.07, 6.45) is 0.680. The van der Waals surface area contributed by atoms with E-state index < -0.39 is 34.4 Å². The minimum absolute atomic E-state index is 0.0359. The molecule has 0 spiro atoms. The molecule has 2 unspecified atom stereocenters. The molecule has 226 valence electrons. The zero-order valence-electron chi connectivity index (χ0n) is 24.0. The van der Waals surface area contributed by atoms with Gasteiger partial charge in [0.15, 0.2) is 0 Å². The van der Waals surface area contributed by atoms with Crippen molar-refractivity contribution in [1.29, 1.82) is 0 Å². The van der Waals surface area contributed by atoms with Crippen molar-refractivity contribution in [2.75, 3.05) is 18.0 Å². The molecule has 0 saturated heterocycles. The predicted molar refractivity (Wildman–Crippen MR) is 168 cm³/mol. The number of hydrogen-bond donors (Lipinski definition) is 1. The fourth-order valence-corrected chi connectivity index (χ4v) is 6.21. The number of sulfonamides is 1. The number of halogens is 3. The molecule has 0 aromatic heterocycles. The maximum atomic E-state index is 14.2. The van der Waals surface area contributed by atoms with Gasteiger partial charge in [0.25, 0.3) is 10.0 Å². The van der Waals surface area contributed by atoms with E-state index in [-0.39, 0.29) is 33.9 Å². The quantitative estimate of drug-likeness (QED) is 0.241. The molecule has 42 heavy (non-hydrogen) atoms. The van der Waals surface area contributed by atoms with Crippen LogP contribution in [0.5, 0.6) is 5.75 Å². The van der Waals surface area contributed by atoms with Crippen LogP contribution in [0.3, 0.4) is 0 Å². The molecule has 1 N–H and O–H groups in total. The highest BCUT2D eigenvalue weighted by Gasteiger charge is 2.34. The minimum Gasteiger partial charge on any atom is -0.495 e. The summed E-state index contributed by atoms with van der Waals surface area (Å²) >= 11 is 19.1. The Hall–Kier alpha value is -2.98. The van der Waals surface area contributed by atoms with Gasteiger partial charge >= 0.3 is 0 Å². The molecule has 2 amide bonds. The van der Waals surface area contributed by atoms with Crippen LogP contribution in [0.15, 0.2) is 65.6 Å². The SMILES string of the molecule is CCC(C)NC(=O)C(C)N(Cc1c(Cl)cccc1Cl)C(=O)CN(c1cc(Cl)ccc1OC)S(=O)(=O)c1ccc(C)cc1. The summed E-state index contributed by atoms with van der Waals surface area (Å²) in [6.45, 7) is 6.37. The third kappa shape index (κ3) is 7.89. The Bertz CT molecular complexity index is 1510. The normalized spacial score (nSPS) is 12.8. The first-order valence-corrected chi connectivity index (χ1v) is 15.8. The zero-order valence-corrected chi connectivity index (χ0v) is 27.1. The maximum absolute atomic E-state index is 14.2. The summed E-state index contributed by atoms with van der Waals surface area (Å²) in [6, 6.07) is 14.5. The molecule has 0 fully saturated rings. The van der Waals surface area contributed by atoms with Gasteiger partial charge in [-0.15, -0.1) is 0 Å². The van der Waals surface area contributed by atoms with Crippen LogP contribution >= 0.6 is 34.8 Å². The molecule has 0 aliphatic heterocycles. The molecular formula is C30H34Cl3N3O5S. The largest absolute Gasteiger partial charge is 0.495 e. The van der Waals surface area contributed by atoms with Gasteiger partial charge in [-0.3, -0.25) is 13.9 Å². The summed E-state index contributed by atoms with van der Waals surface area (Å²) in [4.78, 5) is 28.6. The van der Waals surface area contributed by atoms with Gasteiger partial charge in [-0.25, -0.2) is 8.42 Å². The number of amides is 2. The average Bonchev–Trinajstić information content (AvgIpc) is 2.95. The van der Waals surface area contributed by atoms with Crippen molar-refractivity contribution in [3.8, 4) is 5.75 Å². The van der Waals surface area contributed by atoms with Crippen molar-refractivity contribution in [2.45, 2.75) is 57.6 Å². The molecule has 3 rings (SSSR count). The first kappa shape index (κ1) is 33.5. The smallest absolute Gasteiger partial charge is 0.264 e. The summed E-state index contributed by atoms with van der Waals surface area (Å²) < 4.78 is 34.5. The Balaban J connectivity index is 2.13. The Morgan fingerprint density at radius 2 is 1.60 bits per heavy atom. The number of methoxy groups -OCH3 is 1. The first-order chi connectivity index (χ1) is 19.8. The van der Waals surface area contributed by atoms with Crippen molar-refractivity contribution in [1.82, 2.24) is 10.2 Å². The standard InChI is InChI=1S/C30H34Cl3N3O5S/c1-6-20(3)34-30(38)21(4)35(17-24-25(32)8-7-9-26(24)33)29(37)18-36(27-16-22(31)12-15-28(27)41-5)42(39,40)23-13-10-19(2)11-14-23/h7-16,20-21H,6,17-18H2,1-5H3,(H,34,38). The van der Waals surface area contributed by atoms with E-state index in [9.17, 15) is 18.0 Å². The second-order valence-electron chi connectivity index (χ2n) is 9.86. The Kier molecular flexibility index (Phi) is 11.5. The number of nitrogens with zero attached hydrogens (tertiary/aromatic N) is 2. The minimum atomic E-state index is -4.31. The molecular weight excluding hydrogens is 621 g/mol. The second-order valence-corrected chi connectivity index (χ2v) is 13.0. The molecule has 0 heterocycles. The van der Waals surface area contributed by atoms with Crippen molar-refractivity contribution in [3.63, 3.8) is 0 Å². The van der Waals surface area contributed by atoms with Crippen molar-refractivity contribution >= 4 is 62.3 Å². The molecule has 0 saturated carbocycles. The van der Waals surface area contributed by atoms with Gasteiger partial charge in [-0.1, -0.05) is 65.5 Å². The van der Waals surface area contributed by atoms with Crippen molar-refractivity contribution < 1.29 is 22.7 Å². The zero-order chi connectivity index (χ0) is 31.2. The maximum Gasteiger partial charge on any atom is 0.264 e. The average molecular weight is 655 g/mol. The number of nitrogens with one attached hydrogen (secondary N) is 1. The van der Waals surface area contributed by atoms with Gasteiger partial charge in [0.05, 0.1) is 17.7 Å². The van der Waals surface area contributed by atoms with Gasteiger partial charge in [-0.05, 0) is 69.7 Å². The van der Waals surface area contributed by atoms with Gasteiger partial charge < -0.3 is 15.0 Å². The van der Waals surface area contributed by atoms with Crippen molar-refractivity contribution in [2.24, 2.45) is 0 Å². The van der Waals surface area contributed by atoms with E-state index >= 15 is 0 Å². The van der Waals surface area contributed by atoms with E-state index in [1.807, 2.05) is 20.8 Å². The Morgan fingerprint density at radius 3 is 2.17 bits per heavy atom. The monoisotopic (exact) mass is 653 g/mol. The number of carbonyl (C=O) groups excluding carboxylic acids is 2. The van der Waals surface area contributed by atoms with E-state index in [0.29, 0.717) is 22.0 Å². The number of carbonyl (C=O) groups is 2. The highest BCUT2D eigenvalue weighted by Crippen LogP contribution is 2.35. The number of aryl methyl sites for hydroxylation is 1. The summed E-state index contributed by atoms with van der Waals surface area (Å²) in [7, 11) is -2.93. The van der Waals surface area contributed by atoms with Crippen LogP contribution in [0.25, 0.3) is 0 Å². The fraction of sp³-hybridized carbons (Fsp3) is 0.333. The topological polar surface area (TPSA) is 96.0 Å². The first-order valence-electron chi connectivity index (χ1n) is 13.3. The highest BCUT2D eigenvalue weighted by molar-refractivity contribution is 7.92. The van der Waals surface area contributed by atoms with Gasteiger partial charge in [-0.2, -0.15) is 0 Å². The second kappa shape index (κ2) is 14.5. The fourth-order valence-electron chi connectivity index (χ4n) is 4.11. The summed E-state index contributed by atoms with van der Waals surface area (Å²) in [5.41, 5.74) is 1.35. The van der Waals surface area contributed by atoms with Crippen LogP contribution < -0.4 is 14.4 Å². The molecule has 3 aromatic rings. The number of hydrogen-bond acceptors (Lipinski definition) is 5. The van der Waals surface area contributed by atoms with E-state index in [1.54, 1.807) is 43.3 Å². The molecule has 3 aromatic carbocycles. The number of rotatable bonds is 12. The Labute approximate surface area is 262 Å². The van der Waals surface area contributed by atoms with Crippen LogP contribution in [-0.2, 0) is 26.2 Å². The predicted octanol–water partition coefficient (Wildman–Crippen LogP) is 6.49. The van der Waals surface area contributed by atoms with Crippen molar-refractivity contribution in [3.05, 3.63) is 86.9 Å². The number of ether oxygens (including phenoxy) is 1. The number of benzene rings is 3. The van der Waals surface area contributed by atoms with Crippen LogP contribution in [0.4, 0.5) is 5.69 Å². The highest BCUT2D eigenvalue weighted by atomic mass is 35.5.